The van der Waals surface area contributed by atoms with E-state index >= 15 is 0 Å². The molecule has 0 unspecified atom stereocenters. The zero-order chi connectivity index (χ0) is 36.0. The monoisotopic (exact) mass is 685 g/mol. The van der Waals surface area contributed by atoms with Crippen LogP contribution in [0.5, 0.6) is 11.5 Å². The number of morpholine rings is 1. The molecule has 0 bridgehead atoms. The fourth-order valence-electron chi connectivity index (χ4n) is 5.44. The Morgan fingerprint density at radius 2 is 1.76 bits per heavy atom. The topological polar surface area (TPSA) is 183 Å². The van der Waals surface area contributed by atoms with Crippen molar-refractivity contribution in [2.24, 2.45) is 10.7 Å². The number of nitrogens with two attached hydrogens (primary N) is 1. The Labute approximate surface area is 291 Å². The Morgan fingerprint density at radius 3 is 2.40 bits per heavy atom. The molecule has 3 aromatic rings. The number of guanidine groups is 1. The van der Waals surface area contributed by atoms with E-state index in [0.717, 1.165) is 5.56 Å². The van der Waals surface area contributed by atoms with E-state index in [4.69, 9.17) is 19.9 Å². The highest BCUT2D eigenvalue weighted by molar-refractivity contribution is 5.99. The van der Waals surface area contributed by atoms with Crippen LogP contribution in [-0.2, 0) is 25.5 Å². The number of methoxy groups -OCH3 is 2. The van der Waals surface area contributed by atoms with Crippen LogP contribution < -0.4 is 25.4 Å². The molecular formula is C36H43N7O7. The molecule has 1 atom stereocenters. The van der Waals surface area contributed by atoms with Gasteiger partial charge in [0.05, 0.1) is 64.2 Å². The summed E-state index contributed by atoms with van der Waals surface area (Å²) in [5.74, 6) is -1.05. The number of amides is 2. The zero-order valence-electron chi connectivity index (χ0n) is 28.5. The molecule has 1 aliphatic heterocycles. The van der Waals surface area contributed by atoms with Gasteiger partial charge in [-0.1, -0.05) is 36.4 Å². The van der Waals surface area contributed by atoms with E-state index in [1.54, 1.807) is 48.5 Å². The number of aryl methyl sites for hydroxylation is 1. The molecule has 14 nitrogen and oxygen atoms in total. The number of ether oxygens (including phenoxy) is 3. The van der Waals surface area contributed by atoms with E-state index in [-0.39, 0.29) is 37.8 Å². The fourth-order valence-corrected chi connectivity index (χ4v) is 5.44. The molecule has 0 aliphatic carbocycles. The lowest BCUT2D eigenvalue weighted by atomic mass is 10.0. The number of aliphatic imine (C=N–C) groups is 1. The van der Waals surface area contributed by atoms with Gasteiger partial charge in [-0.05, 0) is 53.9 Å². The highest BCUT2D eigenvalue weighted by atomic mass is 16.5. The van der Waals surface area contributed by atoms with Gasteiger partial charge < -0.3 is 35.3 Å². The predicted octanol–water partition coefficient (Wildman–Crippen LogP) is 2.98. The van der Waals surface area contributed by atoms with Crippen molar-refractivity contribution in [1.82, 2.24) is 15.1 Å². The van der Waals surface area contributed by atoms with E-state index in [9.17, 15) is 24.8 Å². The number of hydrogen-bond acceptors (Lipinski definition) is 9. The highest BCUT2D eigenvalue weighted by Gasteiger charge is 2.24. The van der Waals surface area contributed by atoms with Gasteiger partial charge in [-0.2, -0.15) is 5.26 Å². The molecule has 1 saturated heterocycles. The molecule has 2 amide bonds. The normalized spacial score (nSPS) is 13.8. The molecule has 1 aliphatic rings. The van der Waals surface area contributed by atoms with Gasteiger partial charge in [0.2, 0.25) is 17.8 Å². The first-order valence-corrected chi connectivity index (χ1v) is 16.1. The number of carbonyl (C=O) groups excluding carboxylic acids is 2. The number of carboxylic acids is 1. The third-order valence-corrected chi connectivity index (χ3v) is 8.23. The minimum absolute atomic E-state index is 0.000197. The van der Waals surface area contributed by atoms with E-state index in [2.05, 4.69) is 21.4 Å². The molecule has 0 radical (unpaired) electrons. The van der Waals surface area contributed by atoms with E-state index in [1.807, 2.05) is 25.1 Å². The lowest BCUT2D eigenvalue weighted by Crippen LogP contribution is -2.47. The maximum absolute atomic E-state index is 13.7. The first-order chi connectivity index (χ1) is 24.1. The van der Waals surface area contributed by atoms with Crippen LogP contribution in [0, 0.1) is 18.4 Å². The number of carboxylic acid groups (broad SMARTS) is 1. The molecule has 14 heteroatoms. The number of rotatable bonds is 15. The van der Waals surface area contributed by atoms with E-state index in [0.29, 0.717) is 66.8 Å². The van der Waals surface area contributed by atoms with E-state index in [1.165, 1.54) is 24.0 Å². The van der Waals surface area contributed by atoms with Gasteiger partial charge in [0.1, 0.15) is 0 Å². The molecule has 264 valence electrons. The quantitative estimate of drug-likeness (QED) is 0.0926. The molecule has 0 saturated carbocycles. The van der Waals surface area contributed by atoms with Crippen LogP contribution in [0.15, 0.2) is 71.7 Å². The number of aliphatic carboxylic acids is 1. The summed E-state index contributed by atoms with van der Waals surface area (Å²) >= 11 is 0. The SMILES string of the molecule is COc1ccc([C@H](CC(=O)O)NC(=O)CN(CCN2CCOCC2)C(=O)Cc2ccc(N(C#N)C(N)=Nc3ccccc3C)cc2)cc1OC. The van der Waals surface area contributed by atoms with Gasteiger partial charge in [0.25, 0.3) is 0 Å². The first-order valence-electron chi connectivity index (χ1n) is 16.1. The van der Waals surface area contributed by atoms with Crippen molar-refractivity contribution in [2.75, 3.05) is 65.1 Å². The molecule has 1 fully saturated rings. The van der Waals surface area contributed by atoms with Gasteiger partial charge in [-0.25, -0.2) is 9.89 Å². The van der Waals surface area contributed by atoms with Crippen molar-refractivity contribution in [1.29, 1.82) is 5.26 Å². The Bertz CT molecular complexity index is 1700. The lowest BCUT2D eigenvalue weighted by molar-refractivity contribution is -0.139. The van der Waals surface area contributed by atoms with Crippen molar-refractivity contribution in [2.45, 2.75) is 25.8 Å². The van der Waals surface area contributed by atoms with Crippen molar-refractivity contribution in [3.63, 3.8) is 0 Å². The molecule has 4 N–H and O–H groups in total. The van der Waals surface area contributed by atoms with Crippen LogP contribution in [0.2, 0.25) is 0 Å². The number of nitriles is 1. The molecule has 0 aromatic heterocycles. The van der Waals surface area contributed by atoms with E-state index < -0.39 is 17.9 Å². The smallest absolute Gasteiger partial charge is 0.305 e. The molecule has 1 heterocycles. The number of para-hydroxylation sites is 1. The summed E-state index contributed by atoms with van der Waals surface area (Å²) in [6.45, 7) is 5.02. The van der Waals surface area contributed by atoms with Crippen molar-refractivity contribution >= 4 is 35.1 Å². The minimum atomic E-state index is -1.10. The Kier molecular flexibility index (Phi) is 13.5. The van der Waals surface area contributed by atoms with Crippen molar-refractivity contribution < 1.29 is 33.7 Å². The number of carbonyl (C=O) groups is 3. The third-order valence-electron chi connectivity index (χ3n) is 8.23. The second-order valence-corrected chi connectivity index (χ2v) is 11.6. The summed E-state index contributed by atoms with van der Waals surface area (Å²) in [5.41, 5.74) is 9.39. The summed E-state index contributed by atoms with van der Waals surface area (Å²) in [6.07, 6.45) is 1.66. The average Bonchev–Trinajstić information content (AvgIpc) is 3.11. The van der Waals surface area contributed by atoms with Crippen molar-refractivity contribution in [3.8, 4) is 17.7 Å². The van der Waals surface area contributed by atoms with Crippen LogP contribution in [0.4, 0.5) is 11.4 Å². The van der Waals surface area contributed by atoms with Crippen LogP contribution in [-0.4, -0.2) is 98.8 Å². The second kappa shape index (κ2) is 18.2. The number of benzene rings is 3. The van der Waals surface area contributed by atoms with Crippen LogP contribution >= 0.6 is 0 Å². The van der Waals surface area contributed by atoms with Crippen LogP contribution in [0.25, 0.3) is 0 Å². The summed E-state index contributed by atoms with van der Waals surface area (Å²) in [7, 11) is 2.96. The summed E-state index contributed by atoms with van der Waals surface area (Å²) < 4.78 is 16.1. The van der Waals surface area contributed by atoms with Crippen LogP contribution in [0.3, 0.4) is 0 Å². The molecule has 0 spiro atoms. The van der Waals surface area contributed by atoms with Gasteiger partial charge >= 0.3 is 5.97 Å². The summed E-state index contributed by atoms with van der Waals surface area (Å²) in [4.78, 5) is 48.1. The number of nitrogens with one attached hydrogen (secondary N) is 1. The maximum Gasteiger partial charge on any atom is 0.305 e. The predicted molar refractivity (Wildman–Crippen MR) is 187 cm³/mol. The number of anilines is 1. The Hall–Kier alpha value is -5.65. The van der Waals surface area contributed by atoms with Gasteiger partial charge in [-0.15, -0.1) is 0 Å². The summed E-state index contributed by atoms with van der Waals surface area (Å²) in [6, 6.07) is 18.3. The van der Waals surface area contributed by atoms with Gasteiger partial charge in [0.15, 0.2) is 17.7 Å². The van der Waals surface area contributed by atoms with Crippen molar-refractivity contribution in [3.05, 3.63) is 83.4 Å². The fraction of sp³-hybridized carbons (Fsp3) is 0.361. The Morgan fingerprint density at radius 1 is 1.06 bits per heavy atom. The molecule has 3 aromatic carbocycles. The minimum Gasteiger partial charge on any atom is -0.493 e. The lowest BCUT2D eigenvalue weighted by Gasteiger charge is -2.30. The highest BCUT2D eigenvalue weighted by Crippen LogP contribution is 2.31. The third kappa shape index (κ3) is 10.4. The van der Waals surface area contributed by atoms with Gasteiger partial charge in [0, 0.05) is 26.2 Å². The Balaban J connectivity index is 1.48. The molecule has 4 rings (SSSR count). The standard InChI is InChI=1S/C36H43N7O7/c1-25-6-4-5-7-29(25)40-36(38)43(24-37)28-11-8-26(9-12-28)20-34(45)42(15-14-41-16-18-50-19-17-41)23-33(44)39-30(22-35(46)47)27-10-13-31(48-2)32(21-27)49-3/h4-13,21,30H,14-20,22-23H2,1-3H3,(H2,38,40)(H,39,44)(H,46,47)/t30-/m0/s1. The van der Waals surface area contributed by atoms with Gasteiger partial charge in [-0.3, -0.25) is 19.3 Å². The number of hydrogen-bond donors (Lipinski definition) is 3. The molecule has 50 heavy (non-hydrogen) atoms. The number of nitrogens with zero attached hydrogens (tertiary/aromatic N) is 5. The zero-order valence-corrected chi connectivity index (χ0v) is 28.5. The maximum atomic E-state index is 13.7. The largest absolute Gasteiger partial charge is 0.493 e. The first kappa shape index (κ1) is 37.2. The molecular weight excluding hydrogens is 642 g/mol. The average molecular weight is 686 g/mol. The summed E-state index contributed by atoms with van der Waals surface area (Å²) in [5, 5.41) is 22.2. The second-order valence-electron chi connectivity index (χ2n) is 11.6. The van der Waals surface area contributed by atoms with Crippen LogP contribution in [0.1, 0.15) is 29.2 Å².